The minimum absolute atomic E-state index is 0.120. The fourth-order valence-corrected chi connectivity index (χ4v) is 7.27. The van der Waals surface area contributed by atoms with Crippen molar-refractivity contribution in [1.29, 1.82) is 0 Å². The number of carbonyl (C=O) groups excluding carboxylic acids is 1. The number of benzene rings is 4. The normalized spacial score (nSPS) is 15.8. The van der Waals surface area contributed by atoms with Crippen LogP contribution in [0.1, 0.15) is 17.5 Å². The van der Waals surface area contributed by atoms with Crippen LogP contribution in [0.15, 0.2) is 77.7 Å². The van der Waals surface area contributed by atoms with E-state index in [2.05, 4.69) is 29.2 Å². The van der Waals surface area contributed by atoms with E-state index in [0.29, 0.717) is 51.6 Å². The Kier molecular flexibility index (Phi) is 12.1. The molecule has 4 aromatic carbocycles. The summed E-state index contributed by atoms with van der Waals surface area (Å²) in [6.07, 6.45) is 2.25. The smallest absolute Gasteiger partial charge is 0.307 e. The number of carboxylic acids is 1. The number of thiocarbonyl (C=S) groups is 1. The van der Waals surface area contributed by atoms with Crippen LogP contribution in [0, 0.1) is 0 Å². The van der Waals surface area contributed by atoms with E-state index in [1.807, 2.05) is 36.4 Å². The lowest BCUT2D eigenvalue weighted by Crippen LogP contribution is -2.38. The first-order valence-corrected chi connectivity index (χ1v) is 18.0. The molecule has 2 saturated heterocycles. The van der Waals surface area contributed by atoms with Gasteiger partial charge >= 0.3 is 5.97 Å². The van der Waals surface area contributed by atoms with Gasteiger partial charge in [0.1, 0.15) is 22.4 Å². The lowest BCUT2D eigenvalue weighted by molar-refractivity contribution is -0.136. The van der Waals surface area contributed by atoms with E-state index < -0.39 is 5.97 Å². The maximum absolute atomic E-state index is 13.7. The molecule has 0 aliphatic carbocycles. The van der Waals surface area contributed by atoms with Crippen LogP contribution < -0.4 is 18.9 Å². The maximum atomic E-state index is 13.7. The number of carbonyl (C=O) groups is 2. The summed E-state index contributed by atoms with van der Waals surface area (Å²) in [4.78, 5) is 29.3. The molecule has 12 heteroatoms. The van der Waals surface area contributed by atoms with Crippen LogP contribution in [0.2, 0.25) is 0 Å². The monoisotopic (exact) mass is 728 g/mol. The van der Waals surface area contributed by atoms with Gasteiger partial charge in [0.25, 0.3) is 5.91 Å². The first-order valence-electron chi connectivity index (χ1n) is 16.7. The molecule has 0 saturated carbocycles. The van der Waals surface area contributed by atoms with Crippen LogP contribution in [0.5, 0.6) is 23.0 Å². The molecule has 0 spiro atoms. The number of nitrogens with zero attached hydrogens (tertiary/aromatic N) is 2. The van der Waals surface area contributed by atoms with E-state index in [1.54, 1.807) is 30.2 Å². The topological polar surface area (TPSA) is 107 Å². The second kappa shape index (κ2) is 17.1. The van der Waals surface area contributed by atoms with Gasteiger partial charge in [-0.25, -0.2) is 0 Å². The number of morpholine rings is 1. The van der Waals surface area contributed by atoms with E-state index in [4.69, 9.17) is 41.0 Å². The van der Waals surface area contributed by atoms with Crippen molar-refractivity contribution in [2.75, 3.05) is 66.8 Å². The van der Waals surface area contributed by atoms with Crippen LogP contribution in [-0.2, 0) is 20.7 Å². The van der Waals surface area contributed by atoms with E-state index in [9.17, 15) is 9.59 Å². The summed E-state index contributed by atoms with van der Waals surface area (Å²) in [5.74, 6) is 1.36. The summed E-state index contributed by atoms with van der Waals surface area (Å²) in [5, 5.41) is 11.3. The molecule has 2 heterocycles. The van der Waals surface area contributed by atoms with Crippen molar-refractivity contribution in [3.63, 3.8) is 0 Å². The van der Waals surface area contributed by atoms with Gasteiger partial charge in [-0.3, -0.25) is 19.4 Å². The zero-order chi connectivity index (χ0) is 35.7. The third-order valence-corrected chi connectivity index (χ3v) is 10.1. The number of ether oxygens (including phenoxy) is 5. The largest absolute Gasteiger partial charge is 0.497 e. The van der Waals surface area contributed by atoms with Crippen molar-refractivity contribution in [1.82, 2.24) is 9.80 Å². The molecule has 2 aliphatic heterocycles. The molecular weight excluding hydrogens is 689 g/mol. The van der Waals surface area contributed by atoms with Crippen LogP contribution >= 0.6 is 24.0 Å². The third-order valence-electron chi connectivity index (χ3n) is 8.69. The van der Waals surface area contributed by atoms with E-state index in [1.165, 1.54) is 18.9 Å². The van der Waals surface area contributed by atoms with Crippen molar-refractivity contribution in [2.24, 2.45) is 0 Å². The first kappa shape index (κ1) is 36.2. The van der Waals surface area contributed by atoms with Crippen molar-refractivity contribution in [3.8, 4) is 34.1 Å². The zero-order valence-corrected chi connectivity index (χ0v) is 30.2. The van der Waals surface area contributed by atoms with Gasteiger partial charge in [0.15, 0.2) is 11.5 Å². The third kappa shape index (κ3) is 9.19. The quantitative estimate of drug-likeness (QED) is 0.0821. The molecular formula is C39H40N2O8S2. The lowest BCUT2D eigenvalue weighted by atomic mass is 9.99. The average molecular weight is 729 g/mol. The zero-order valence-electron chi connectivity index (χ0n) is 28.6. The van der Waals surface area contributed by atoms with Crippen LogP contribution in [0.25, 0.3) is 28.0 Å². The minimum Gasteiger partial charge on any atom is -0.497 e. The summed E-state index contributed by atoms with van der Waals surface area (Å²) < 4.78 is 29.0. The van der Waals surface area contributed by atoms with Gasteiger partial charge in [0.05, 0.1) is 45.4 Å². The molecule has 6 rings (SSSR count). The predicted molar refractivity (Wildman–Crippen MR) is 203 cm³/mol. The highest BCUT2D eigenvalue weighted by molar-refractivity contribution is 8.26. The number of amides is 1. The standard InChI is InChI=1S/C39H40N2O8S2/c1-45-32-9-7-28-22-27(5-6-30(28)24-32)29-8-11-33(49-19-15-40-13-17-47-18-14-40)31(23-29)25-36-38(44)41(39(50)51-36)12-3-16-48-35-20-26(21-37(42)43)4-10-34(35)46-2/h4-11,20,22-25H,3,12-19,21H2,1-2H3,(H,42,43)/b36-25-. The number of fused-ring (bicyclic) bond motifs is 1. The van der Waals surface area contributed by atoms with Gasteiger partial charge in [-0.15, -0.1) is 0 Å². The maximum Gasteiger partial charge on any atom is 0.307 e. The first-order chi connectivity index (χ1) is 24.8. The lowest BCUT2D eigenvalue weighted by Gasteiger charge is -2.26. The molecule has 51 heavy (non-hydrogen) atoms. The number of rotatable bonds is 15. The predicted octanol–water partition coefficient (Wildman–Crippen LogP) is 6.53. The number of methoxy groups -OCH3 is 2. The van der Waals surface area contributed by atoms with Crippen molar-refractivity contribution >= 4 is 57.0 Å². The second-order valence-corrected chi connectivity index (χ2v) is 13.7. The average Bonchev–Trinajstić information content (AvgIpc) is 3.41. The summed E-state index contributed by atoms with van der Waals surface area (Å²) in [6.45, 7) is 5.12. The van der Waals surface area contributed by atoms with Crippen molar-refractivity contribution in [2.45, 2.75) is 12.8 Å². The molecule has 1 amide bonds. The Labute approximate surface area is 306 Å². The highest BCUT2D eigenvalue weighted by Crippen LogP contribution is 2.37. The van der Waals surface area contributed by atoms with Gasteiger partial charge in [0.2, 0.25) is 0 Å². The summed E-state index contributed by atoms with van der Waals surface area (Å²) in [5.41, 5.74) is 3.44. The Morgan fingerprint density at radius 3 is 2.37 bits per heavy atom. The number of aliphatic carboxylic acids is 1. The van der Waals surface area contributed by atoms with Crippen LogP contribution in [0.3, 0.4) is 0 Å². The van der Waals surface area contributed by atoms with Gasteiger partial charge in [0, 0.05) is 31.7 Å². The number of carboxylic acid groups (broad SMARTS) is 1. The molecule has 0 atom stereocenters. The van der Waals surface area contributed by atoms with Crippen molar-refractivity contribution in [3.05, 3.63) is 88.8 Å². The Hall–Kier alpha value is -4.62. The molecule has 10 nitrogen and oxygen atoms in total. The molecule has 0 unspecified atom stereocenters. The second-order valence-electron chi connectivity index (χ2n) is 12.1. The molecule has 0 radical (unpaired) electrons. The Balaban J connectivity index is 1.18. The molecule has 266 valence electrons. The highest BCUT2D eigenvalue weighted by atomic mass is 32.2. The number of hydrogen-bond acceptors (Lipinski definition) is 10. The van der Waals surface area contributed by atoms with E-state index in [0.717, 1.165) is 66.1 Å². The number of thioether (sulfide) groups is 1. The van der Waals surface area contributed by atoms with E-state index in [-0.39, 0.29) is 18.9 Å². The van der Waals surface area contributed by atoms with Gasteiger partial charge in [-0.1, -0.05) is 54.3 Å². The Morgan fingerprint density at radius 1 is 0.863 bits per heavy atom. The van der Waals surface area contributed by atoms with Crippen LogP contribution in [0.4, 0.5) is 0 Å². The molecule has 4 aromatic rings. The highest BCUT2D eigenvalue weighted by Gasteiger charge is 2.32. The Bertz CT molecular complexity index is 1940. The molecule has 2 fully saturated rings. The summed E-state index contributed by atoms with van der Waals surface area (Å²) in [6, 6.07) is 23.4. The van der Waals surface area contributed by atoms with Gasteiger partial charge in [-0.2, -0.15) is 0 Å². The number of hydrogen-bond donors (Lipinski definition) is 1. The molecule has 1 N–H and O–H groups in total. The summed E-state index contributed by atoms with van der Waals surface area (Å²) >= 11 is 6.92. The van der Waals surface area contributed by atoms with Gasteiger partial charge in [-0.05, 0) is 82.4 Å². The van der Waals surface area contributed by atoms with Crippen LogP contribution in [-0.4, -0.2) is 97.9 Å². The van der Waals surface area contributed by atoms with E-state index >= 15 is 0 Å². The Morgan fingerprint density at radius 2 is 1.59 bits per heavy atom. The molecule has 0 aromatic heterocycles. The van der Waals surface area contributed by atoms with Crippen molar-refractivity contribution < 1.29 is 38.4 Å². The summed E-state index contributed by atoms with van der Waals surface area (Å²) in [7, 11) is 3.19. The fourth-order valence-electron chi connectivity index (χ4n) is 5.97. The SMILES string of the molecule is COc1ccc2cc(-c3ccc(OCCN4CCOCC4)c(/C=C4\SC(=S)N(CCCOc5cc(CC(=O)O)ccc5OC)C4=O)c3)ccc2c1. The fraction of sp³-hybridized carbons (Fsp3) is 0.308. The molecule has 0 bridgehead atoms. The van der Waals surface area contributed by atoms with Gasteiger partial charge < -0.3 is 28.8 Å². The minimum atomic E-state index is -0.929. The molecule has 2 aliphatic rings.